The average molecular weight is 238 g/mol. The largest absolute Gasteiger partial charge is 0.300 e. The normalized spacial score (nSPS) is 13.8. The molecular weight excluding hydrogens is 220 g/mol. The minimum atomic E-state index is 0.169. The lowest BCUT2D eigenvalue weighted by atomic mass is 9.99. The van der Waals surface area contributed by atoms with Gasteiger partial charge >= 0.3 is 0 Å². The van der Waals surface area contributed by atoms with Crippen LogP contribution in [-0.4, -0.2) is 11.0 Å². The van der Waals surface area contributed by atoms with Gasteiger partial charge < -0.3 is 5.32 Å². The number of hydrogen-bond donors (Lipinski definition) is 1. The van der Waals surface area contributed by atoms with Crippen molar-refractivity contribution in [3.05, 3.63) is 78.6 Å². The minimum absolute atomic E-state index is 0.169. The van der Waals surface area contributed by atoms with E-state index in [2.05, 4.69) is 48.1 Å². The van der Waals surface area contributed by atoms with E-state index in [1.165, 1.54) is 11.1 Å². The van der Waals surface area contributed by atoms with E-state index in [9.17, 15) is 0 Å². The Hall–Kier alpha value is -1.93. The van der Waals surface area contributed by atoms with E-state index < -0.39 is 0 Å². The number of nitrogens with one attached hydrogen (secondary N) is 1. The molecule has 0 bridgehead atoms. The first kappa shape index (κ1) is 12.5. The number of pyridine rings is 1. The van der Waals surface area contributed by atoms with Crippen molar-refractivity contribution < 1.29 is 0 Å². The lowest BCUT2D eigenvalue weighted by Crippen LogP contribution is -2.29. The van der Waals surface area contributed by atoms with Gasteiger partial charge in [-0.15, -0.1) is 6.58 Å². The number of nitrogens with zero attached hydrogens (tertiary/aromatic N) is 1. The summed E-state index contributed by atoms with van der Waals surface area (Å²) in [5.41, 5.74) is 2.46. The van der Waals surface area contributed by atoms with Gasteiger partial charge in [-0.1, -0.05) is 36.4 Å². The second-order valence-corrected chi connectivity index (χ2v) is 4.32. The van der Waals surface area contributed by atoms with Crippen molar-refractivity contribution in [2.45, 2.75) is 19.0 Å². The quantitative estimate of drug-likeness (QED) is 0.808. The first-order chi connectivity index (χ1) is 8.81. The Balaban J connectivity index is 2.32. The van der Waals surface area contributed by atoms with Crippen molar-refractivity contribution in [2.24, 2.45) is 0 Å². The molecule has 1 heterocycles. The van der Waals surface area contributed by atoms with E-state index in [0.717, 1.165) is 0 Å². The van der Waals surface area contributed by atoms with Gasteiger partial charge in [-0.25, -0.2) is 0 Å². The fourth-order valence-corrected chi connectivity index (χ4v) is 1.92. The molecule has 2 rings (SSSR count). The summed E-state index contributed by atoms with van der Waals surface area (Å²) in [6.07, 6.45) is 5.56. The highest BCUT2D eigenvalue weighted by Gasteiger charge is 2.14. The van der Waals surface area contributed by atoms with Gasteiger partial charge in [0.2, 0.25) is 0 Å². The first-order valence-electron chi connectivity index (χ1n) is 6.14. The summed E-state index contributed by atoms with van der Waals surface area (Å²) >= 11 is 0. The molecule has 2 nitrogen and oxygen atoms in total. The monoisotopic (exact) mass is 238 g/mol. The summed E-state index contributed by atoms with van der Waals surface area (Å²) in [5.74, 6) is 0. The topological polar surface area (TPSA) is 24.9 Å². The Bertz CT molecular complexity index is 439. The van der Waals surface area contributed by atoms with Crippen LogP contribution >= 0.6 is 0 Å². The summed E-state index contributed by atoms with van der Waals surface area (Å²) in [6, 6.07) is 14.9. The molecule has 2 atom stereocenters. The SMILES string of the molecule is C=CC(C)NC(c1ccccc1)c1ccncc1. The third-order valence-electron chi connectivity index (χ3n) is 2.96. The molecule has 1 aromatic heterocycles. The predicted octanol–water partition coefficient (Wildman–Crippen LogP) is 3.34. The van der Waals surface area contributed by atoms with E-state index in [-0.39, 0.29) is 12.1 Å². The fourth-order valence-electron chi connectivity index (χ4n) is 1.92. The Morgan fingerprint density at radius 3 is 2.28 bits per heavy atom. The molecule has 0 saturated heterocycles. The van der Waals surface area contributed by atoms with Crippen LogP contribution in [0.3, 0.4) is 0 Å². The maximum absolute atomic E-state index is 4.07. The van der Waals surface area contributed by atoms with E-state index in [1.54, 1.807) is 0 Å². The summed E-state index contributed by atoms with van der Waals surface area (Å²) in [4.78, 5) is 4.07. The van der Waals surface area contributed by atoms with Crippen LogP contribution in [0.1, 0.15) is 24.1 Å². The average Bonchev–Trinajstić information content (AvgIpc) is 2.46. The van der Waals surface area contributed by atoms with Crippen molar-refractivity contribution >= 4 is 0 Å². The number of rotatable bonds is 5. The van der Waals surface area contributed by atoms with Gasteiger partial charge in [-0.05, 0) is 30.2 Å². The number of benzene rings is 1. The molecule has 0 aliphatic carbocycles. The van der Waals surface area contributed by atoms with Gasteiger partial charge in [0.1, 0.15) is 0 Å². The zero-order valence-corrected chi connectivity index (χ0v) is 10.6. The van der Waals surface area contributed by atoms with Gasteiger partial charge in [0.25, 0.3) is 0 Å². The van der Waals surface area contributed by atoms with Gasteiger partial charge in [0, 0.05) is 18.4 Å². The third-order valence-corrected chi connectivity index (χ3v) is 2.96. The van der Waals surface area contributed by atoms with Crippen LogP contribution in [0.2, 0.25) is 0 Å². The summed E-state index contributed by atoms with van der Waals surface area (Å²) < 4.78 is 0. The van der Waals surface area contributed by atoms with Crippen LogP contribution in [0.5, 0.6) is 0 Å². The van der Waals surface area contributed by atoms with Crippen molar-refractivity contribution in [2.75, 3.05) is 0 Å². The molecule has 0 fully saturated rings. The van der Waals surface area contributed by atoms with E-state index in [1.807, 2.05) is 36.7 Å². The molecule has 2 aromatic rings. The molecule has 1 N–H and O–H groups in total. The third kappa shape index (κ3) is 3.05. The molecule has 0 amide bonds. The lowest BCUT2D eigenvalue weighted by molar-refractivity contribution is 0.562. The van der Waals surface area contributed by atoms with Crippen molar-refractivity contribution in [3.63, 3.8) is 0 Å². The fraction of sp³-hybridized carbons (Fsp3) is 0.188. The Labute approximate surface area is 108 Å². The molecule has 0 aliphatic heterocycles. The Morgan fingerprint density at radius 1 is 1.06 bits per heavy atom. The molecule has 92 valence electrons. The highest BCUT2D eigenvalue weighted by molar-refractivity contribution is 5.30. The van der Waals surface area contributed by atoms with Crippen molar-refractivity contribution in [3.8, 4) is 0 Å². The maximum atomic E-state index is 4.07. The van der Waals surface area contributed by atoms with Gasteiger partial charge in [-0.2, -0.15) is 0 Å². The van der Waals surface area contributed by atoms with Crippen LogP contribution in [0.25, 0.3) is 0 Å². The van der Waals surface area contributed by atoms with E-state index >= 15 is 0 Å². The molecule has 0 saturated carbocycles. The molecule has 2 heteroatoms. The highest BCUT2D eigenvalue weighted by atomic mass is 14.9. The zero-order chi connectivity index (χ0) is 12.8. The van der Waals surface area contributed by atoms with Gasteiger partial charge in [0.05, 0.1) is 6.04 Å². The van der Waals surface area contributed by atoms with Crippen molar-refractivity contribution in [1.29, 1.82) is 0 Å². The van der Waals surface area contributed by atoms with Crippen LogP contribution < -0.4 is 5.32 Å². The lowest BCUT2D eigenvalue weighted by Gasteiger charge is -2.22. The maximum Gasteiger partial charge on any atom is 0.0582 e. The molecule has 2 unspecified atom stereocenters. The van der Waals surface area contributed by atoms with Crippen LogP contribution in [0.15, 0.2) is 67.5 Å². The summed E-state index contributed by atoms with van der Waals surface area (Å²) in [5, 5.41) is 3.55. The standard InChI is InChI=1S/C16H18N2/c1-3-13(2)18-16(14-7-5-4-6-8-14)15-9-11-17-12-10-15/h3-13,16,18H,1H2,2H3. The Kier molecular flexibility index (Phi) is 4.26. The number of aromatic nitrogens is 1. The van der Waals surface area contributed by atoms with Crippen LogP contribution in [-0.2, 0) is 0 Å². The summed E-state index contributed by atoms with van der Waals surface area (Å²) in [7, 11) is 0. The van der Waals surface area contributed by atoms with Crippen LogP contribution in [0, 0.1) is 0 Å². The second kappa shape index (κ2) is 6.12. The van der Waals surface area contributed by atoms with Gasteiger partial charge in [0.15, 0.2) is 0 Å². The number of hydrogen-bond acceptors (Lipinski definition) is 2. The molecular formula is C16H18N2. The molecule has 0 spiro atoms. The molecule has 0 radical (unpaired) electrons. The van der Waals surface area contributed by atoms with E-state index in [0.29, 0.717) is 0 Å². The highest BCUT2D eigenvalue weighted by Crippen LogP contribution is 2.21. The summed E-state index contributed by atoms with van der Waals surface area (Å²) in [6.45, 7) is 5.93. The molecule has 1 aromatic carbocycles. The predicted molar refractivity (Wildman–Crippen MR) is 75.3 cm³/mol. The minimum Gasteiger partial charge on any atom is -0.300 e. The van der Waals surface area contributed by atoms with Crippen LogP contribution in [0.4, 0.5) is 0 Å². The molecule has 0 aliphatic rings. The second-order valence-electron chi connectivity index (χ2n) is 4.32. The van der Waals surface area contributed by atoms with Crippen molar-refractivity contribution in [1.82, 2.24) is 10.3 Å². The molecule has 18 heavy (non-hydrogen) atoms. The first-order valence-corrected chi connectivity index (χ1v) is 6.14. The Morgan fingerprint density at radius 2 is 1.67 bits per heavy atom. The smallest absolute Gasteiger partial charge is 0.0582 e. The van der Waals surface area contributed by atoms with E-state index in [4.69, 9.17) is 0 Å². The van der Waals surface area contributed by atoms with Gasteiger partial charge in [-0.3, -0.25) is 4.98 Å². The zero-order valence-electron chi connectivity index (χ0n) is 10.6.